The van der Waals surface area contributed by atoms with Gasteiger partial charge in [-0.05, 0) is 19.8 Å². The van der Waals surface area contributed by atoms with Crippen molar-refractivity contribution in [3.05, 3.63) is 0 Å². The molecule has 0 bridgehead atoms. The molecule has 1 fully saturated rings. The van der Waals surface area contributed by atoms with Crippen LogP contribution in [0.15, 0.2) is 0 Å². The Morgan fingerprint density at radius 2 is 1.94 bits per heavy atom. The summed E-state index contributed by atoms with van der Waals surface area (Å²) in [5.74, 6) is 0. The van der Waals surface area contributed by atoms with Gasteiger partial charge in [0.2, 0.25) is 0 Å². The molecule has 0 aromatic heterocycles. The lowest BCUT2D eigenvalue weighted by Gasteiger charge is -2.40. The van der Waals surface area contributed by atoms with Gasteiger partial charge in [-0.25, -0.2) is 0 Å². The molecule has 0 saturated heterocycles. The summed E-state index contributed by atoms with van der Waals surface area (Å²) < 4.78 is 21.4. The number of methoxy groups -OCH3 is 1. The second kappa shape index (κ2) is 9.11. The Hall–Kier alpha value is 0.130. The van der Waals surface area contributed by atoms with Gasteiger partial charge in [0, 0.05) is 26.9 Å². The van der Waals surface area contributed by atoms with Gasteiger partial charge in [0.25, 0.3) is 0 Å². The van der Waals surface area contributed by atoms with Crippen LogP contribution >= 0.6 is 11.6 Å². The van der Waals surface area contributed by atoms with Crippen LogP contribution in [0, 0.1) is 0 Å². The predicted octanol–water partition coefficient (Wildman–Crippen LogP) is 1.84. The number of hydrogen-bond donors (Lipinski definition) is 0. The average Bonchev–Trinajstić information content (AvgIpc) is 2.33. The molecule has 0 radical (unpaired) electrons. The molecule has 1 aliphatic carbocycles. The Bertz CT molecular complexity index is 191. The number of ether oxygens (including phenoxy) is 4. The number of halogens is 1. The van der Waals surface area contributed by atoms with Crippen LogP contribution in [-0.2, 0) is 18.9 Å². The van der Waals surface area contributed by atoms with Gasteiger partial charge in [-0.2, -0.15) is 0 Å². The van der Waals surface area contributed by atoms with Crippen LogP contribution in [0.25, 0.3) is 0 Å². The molecule has 4 nitrogen and oxygen atoms in total. The van der Waals surface area contributed by atoms with Crippen molar-refractivity contribution in [2.45, 2.75) is 37.4 Å². The summed E-state index contributed by atoms with van der Waals surface area (Å²) in [6, 6.07) is 0. The van der Waals surface area contributed by atoms with Gasteiger partial charge in [0.1, 0.15) is 6.10 Å². The van der Waals surface area contributed by atoms with E-state index >= 15 is 0 Å². The van der Waals surface area contributed by atoms with Gasteiger partial charge in [0.15, 0.2) is 0 Å². The smallest absolute Gasteiger partial charge is 0.100 e. The van der Waals surface area contributed by atoms with Gasteiger partial charge in [-0.1, -0.05) is 0 Å². The van der Waals surface area contributed by atoms with Crippen LogP contribution in [0.4, 0.5) is 0 Å². The second-order valence-corrected chi connectivity index (χ2v) is 4.60. The Morgan fingerprint density at radius 1 is 1.12 bits per heavy atom. The summed E-state index contributed by atoms with van der Waals surface area (Å²) in [6.45, 7) is 5.36. The van der Waals surface area contributed by atoms with Crippen LogP contribution in [0.3, 0.4) is 0 Å². The van der Waals surface area contributed by atoms with Crippen molar-refractivity contribution in [2.24, 2.45) is 0 Å². The van der Waals surface area contributed by atoms with Gasteiger partial charge in [-0.3, -0.25) is 0 Å². The van der Waals surface area contributed by atoms with E-state index < -0.39 is 0 Å². The molecule has 0 aromatic carbocycles. The molecule has 0 heterocycles. The molecule has 0 aliphatic heterocycles. The quantitative estimate of drug-likeness (QED) is 0.447. The molecular weight excluding hydrogens is 244 g/mol. The molecule has 102 valence electrons. The third-order valence-corrected chi connectivity index (χ3v) is 3.16. The minimum Gasteiger partial charge on any atom is -0.382 e. The second-order valence-electron chi connectivity index (χ2n) is 4.04. The molecule has 5 heteroatoms. The maximum Gasteiger partial charge on any atom is 0.100 e. The fourth-order valence-corrected chi connectivity index (χ4v) is 2.14. The first-order valence-corrected chi connectivity index (χ1v) is 6.67. The highest BCUT2D eigenvalue weighted by Crippen LogP contribution is 2.31. The summed E-state index contributed by atoms with van der Waals surface area (Å²) in [5, 5.41) is 0.109. The lowest BCUT2D eigenvalue weighted by molar-refractivity contribution is -0.123. The van der Waals surface area contributed by atoms with Crippen LogP contribution in [0.1, 0.15) is 19.8 Å². The summed E-state index contributed by atoms with van der Waals surface area (Å²) in [4.78, 5) is 0. The minimum atomic E-state index is 0.0658. The highest BCUT2D eigenvalue weighted by Gasteiger charge is 2.41. The molecule has 3 unspecified atom stereocenters. The normalized spacial score (nSPS) is 28.1. The van der Waals surface area contributed by atoms with E-state index in [0.717, 1.165) is 12.8 Å². The van der Waals surface area contributed by atoms with E-state index in [1.807, 2.05) is 6.92 Å². The molecule has 0 aromatic rings. The SMILES string of the molecule is CCOC1C(Cl)CC1OCCCOCCOC. The monoisotopic (exact) mass is 266 g/mol. The van der Waals surface area contributed by atoms with E-state index in [0.29, 0.717) is 33.0 Å². The Kier molecular flexibility index (Phi) is 8.14. The van der Waals surface area contributed by atoms with E-state index in [-0.39, 0.29) is 17.6 Å². The highest BCUT2D eigenvalue weighted by molar-refractivity contribution is 6.21. The van der Waals surface area contributed by atoms with Gasteiger partial charge < -0.3 is 18.9 Å². The van der Waals surface area contributed by atoms with E-state index in [4.69, 9.17) is 30.5 Å². The fraction of sp³-hybridized carbons (Fsp3) is 1.00. The van der Waals surface area contributed by atoms with Crippen LogP contribution in [0.2, 0.25) is 0 Å². The van der Waals surface area contributed by atoms with Gasteiger partial charge in [-0.15, -0.1) is 11.6 Å². The molecule has 1 rings (SSSR count). The van der Waals surface area contributed by atoms with Crippen LogP contribution < -0.4 is 0 Å². The lowest BCUT2D eigenvalue weighted by atomic mass is 9.91. The zero-order valence-corrected chi connectivity index (χ0v) is 11.4. The largest absolute Gasteiger partial charge is 0.382 e. The van der Waals surface area contributed by atoms with Crippen molar-refractivity contribution in [1.82, 2.24) is 0 Å². The van der Waals surface area contributed by atoms with Crippen molar-refractivity contribution < 1.29 is 18.9 Å². The van der Waals surface area contributed by atoms with Gasteiger partial charge >= 0.3 is 0 Å². The third-order valence-electron chi connectivity index (χ3n) is 2.74. The van der Waals surface area contributed by atoms with Crippen LogP contribution in [0.5, 0.6) is 0 Å². The van der Waals surface area contributed by atoms with E-state index in [1.54, 1.807) is 7.11 Å². The van der Waals surface area contributed by atoms with Crippen molar-refractivity contribution >= 4 is 11.6 Å². The summed E-state index contributed by atoms with van der Waals surface area (Å²) >= 11 is 6.04. The molecule has 0 spiro atoms. The first-order chi connectivity index (χ1) is 8.29. The first-order valence-electron chi connectivity index (χ1n) is 6.23. The van der Waals surface area contributed by atoms with Crippen molar-refractivity contribution in [3.63, 3.8) is 0 Å². The molecule has 1 saturated carbocycles. The molecule has 0 amide bonds. The fourth-order valence-electron chi connectivity index (χ4n) is 1.73. The minimum absolute atomic E-state index is 0.0658. The zero-order valence-electron chi connectivity index (χ0n) is 10.7. The summed E-state index contributed by atoms with van der Waals surface area (Å²) in [5.41, 5.74) is 0. The average molecular weight is 267 g/mol. The van der Waals surface area contributed by atoms with E-state index in [2.05, 4.69) is 0 Å². The molecule has 3 atom stereocenters. The molecule has 1 aliphatic rings. The maximum absolute atomic E-state index is 6.04. The van der Waals surface area contributed by atoms with E-state index in [9.17, 15) is 0 Å². The van der Waals surface area contributed by atoms with E-state index in [1.165, 1.54) is 0 Å². The zero-order chi connectivity index (χ0) is 12.5. The molecule has 0 N–H and O–H groups in total. The maximum atomic E-state index is 6.04. The summed E-state index contributed by atoms with van der Waals surface area (Å²) in [6.07, 6.45) is 2.01. The lowest BCUT2D eigenvalue weighted by Crippen LogP contribution is -2.51. The number of hydrogen-bond acceptors (Lipinski definition) is 4. The van der Waals surface area contributed by atoms with Crippen LogP contribution in [-0.4, -0.2) is 57.7 Å². The number of alkyl halides is 1. The highest BCUT2D eigenvalue weighted by atomic mass is 35.5. The molecule has 17 heavy (non-hydrogen) atoms. The Balaban J connectivity index is 1.92. The van der Waals surface area contributed by atoms with Crippen molar-refractivity contribution in [3.8, 4) is 0 Å². The Labute approximate surface area is 109 Å². The van der Waals surface area contributed by atoms with Crippen molar-refractivity contribution in [2.75, 3.05) is 40.1 Å². The Morgan fingerprint density at radius 3 is 2.59 bits per heavy atom. The summed E-state index contributed by atoms with van der Waals surface area (Å²) in [7, 11) is 1.67. The predicted molar refractivity (Wildman–Crippen MR) is 66.7 cm³/mol. The number of rotatable bonds is 10. The topological polar surface area (TPSA) is 36.9 Å². The van der Waals surface area contributed by atoms with Gasteiger partial charge in [0.05, 0.1) is 24.7 Å². The van der Waals surface area contributed by atoms with Crippen molar-refractivity contribution in [1.29, 1.82) is 0 Å². The first kappa shape index (κ1) is 15.2. The molecular formula is C12H23ClO4. The third kappa shape index (κ3) is 5.53. The standard InChI is InChI=1S/C12H23ClO4/c1-3-16-12-10(13)9-11(12)17-6-4-5-15-8-7-14-2/h10-12H,3-9H2,1-2H3.